The number of ether oxygens (including phenoxy) is 2. The molecule has 0 amide bonds. The normalized spacial score (nSPS) is 30.4. The van der Waals surface area contributed by atoms with Crippen molar-refractivity contribution in [3.05, 3.63) is 35.9 Å². The highest BCUT2D eigenvalue weighted by atomic mass is 16.7. The molecule has 0 aliphatic carbocycles. The smallest absolute Gasteiger partial charge is 0.169 e. The van der Waals surface area contributed by atoms with Crippen molar-refractivity contribution in [3.8, 4) is 0 Å². The first-order valence-corrected chi connectivity index (χ1v) is 9.67. The largest absolute Gasteiger partial charge is 0.367 e. The van der Waals surface area contributed by atoms with Gasteiger partial charge in [0.1, 0.15) is 0 Å². The SMILES string of the molecule is CCCCCC1OC(O)C(C)(c2ccccc2)C(CCCCC)O1. The van der Waals surface area contributed by atoms with E-state index >= 15 is 0 Å². The van der Waals surface area contributed by atoms with Gasteiger partial charge in [0.05, 0.1) is 11.5 Å². The second-order valence-electron chi connectivity index (χ2n) is 7.18. The average molecular weight is 335 g/mol. The molecule has 1 aromatic rings. The van der Waals surface area contributed by atoms with Crippen LogP contribution in [0.15, 0.2) is 30.3 Å². The van der Waals surface area contributed by atoms with Crippen molar-refractivity contribution in [2.75, 3.05) is 0 Å². The molecule has 0 saturated carbocycles. The number of hydrogen-bond donors (Lipinski definition) is 1. The first-order valence-electron chi connectivity index (χ1n) is 9.67. The van der Waals surface area contributed by atoms with Crippen molar-refractivity contribution in [2.24, 2.45) is 0 Å². The van der Waals surface area contributed by atoms with E-state index < -0.39 is 11.7 Å². The lowest BCUT2D eigenvalue weighted by Gasteiger charge is -2.48. The van der Waals surface area contributed by atoms with Gasteiger partial charge in [-0.05, 0) is 31.7 Å². The Kier molecular flexibility index (Phi) is 7.73. The van der Waals surface area contributed by atoms with Crippen molar-refractivity contribution >= 4 is 0 Å². The van der Waals surface area contributed by atoms with Gasteiger partial charge in [-0.15, -0.1) is 0 Å². The summed E-state index contributed by atoms with van der Waals surface area (Å²) >= 11 is 0. The Morgan fingerprint density at radius 2 is 1.54 bits per heavy atom. The molecule has 1 aromatic carbocycles. The van der Waals surface area contributed by atoms with Crippen LogP contribution >= 0.6 is 0 Å². The van der Waals surface area contributed by atoms with E-state index in [2.05, 4.69) is 32.9 Å². The van der Waals surface area contributed by atoms with Gasteiger partial charge in [0.15, 0.2) is 12.6 Å². The highest BCUT2D eigenvalue weighted by Crippen LogP contribution is 2.41. The average Bonchev–Trinajstić information content (AvgIpc) is 2.60. The molecule has 4 unspecified atom stereocenters. The summed E-state index contributed by atoms with van der Waals surface area (Å²) in [5.74, 6) is 0. The van der Waals surface area contributed by atoms with E-state index in [-0.39, 0.29) is 12.4 Å². The molecular weight excluding hydrogens is 300 g/mol. The Morgan fingerprint density at radius 3 is 2.17 bits per heavy atom. The van der Waals surface area contributed by atoms with E-state index in [1.165, 1.54) is 25.7 Å². The third-order valence-corrected chi connectivity index (χ3v) is 5.29. The van der Waals surface area contributed by atoms with Crippen LogP contribution in [0.1, 0.15) is 77.7 Å². The topological polar surface area (TPSA) is 38.7 Å². The first-order chi connectivity index (χ1) is 11.6. The van der Waals surface area contributed by atoms with Crippen LogP contribution in [0.25, 0.3) is 0 Å². The molecule has 1 fully saturated rings. The highest BCUT2D eigenvalue weighted by Gasteiger charge is 2.49. The van der Waals surface area contributed by atoms with Gasteiger partial charge in [-0.1, -0.05) is 76.3 Å². The van der Waals surface area contributed by atoms with Crippen LogP contribution in [0.4, 0.5) is 0 Å². The van der Waals surface area contributed by atoms with Gasteiger partial charge in [0, 0.05) is 0 Å². The lowest BCUT2D eigenvalue weighted by atomic mass is 9.74. The van der Waals surface area contributed by atoms with Crippen molar-refractivity contribution < 1.29 is 14.6 Å². The van der Waals surface area contributed by atoms with E-state index in [1.807, 2.05) is 18.2 Å². The number of unbranched alkanes of at least 4 members (excludes halogenated alkanes) is 4. The van der Waals surface area contributed by atoms with Crippen molar-refractivity contribution in [1.29, 1.82) is 0 Å². The van der Waals surface area contributed by atoms with Crippen LogP contribution in [0.3, 0.4) is 0 Å². The quantitative estimate of drug-likeness (QED) is 0.634. The molecule has 3 heteroatoms. The van der Waals surface area contributed by atoms with Crippen LogP contribution in [0, 0.1) is 0 Å². The maximum atomic E-state index is 10.8. The Labute approximate surface area is 147 Å². The molecule has 3 nitrogen and oxygen atoms in total. The van der Waals surface area contributed by atoms with Gasteiger partial charge >= 0.3 is 0 Å². The minimum absolute atomic E-state index is 0.0122. The number of rotatable bonds is 9. The minimum atomic E-state index is -0.827. The fourth-order valence-corrected chi connectivity index (χ4v) is 3.57. The zero-order valence-corrected chi connectivity index (χ0v) is 15.5. The number of aliphatic hydroxyl groups excluding tert-OH is 1. The molecular formula is C21H34O3. The molecule has 0 bridgehead atoms. The van der Waals surface area contributed by atoms with E-state index in [0.29, 0.717) is 0 Å². The minimum Gasteiger partial charge on any atom is -0.367 e. The molecule has 136 valence electrons. The van der Waals surface area contributed by atoms with Crippen LogP contribution in [-0.2, 0) is 14.9 Å². The Bertz CT molecular complexity index is 461. The summed E-state index contributed by atoms with van der Waals surface area (Å²) in [5.41, 5.74) is 0.571. The molecule has 2 rings (SSSR count). The third kappa shape index (κ3) is 4.59. The van der Waals surface area contributed by atoms with Crippen molar-refractivity contribution in [3.63, 3.8) is 0 Å². The lowest BCUT2D eigenvalue weighted by Crippen LogP contribution is -2.56. The Morgan fingerprint density at radius 1 is 0.917 bits per heavy atom. The highest BCUT2D eigenvalue weighted by molar-refractivity contribution is 5.27. The van der Waals surface area contributed by atoms with Crippen LogP contribution in [-0.4, -0.2) is 23.8 Å². The predicted molar refractivity (Wildman–Crippen MR) is 97.8 cm³/mol. The molecule has 0 spiro atoms. The molecule has 0 aromatic heterocycles. The second kappa shape index (κ2) is 9.55. The summed E-state index contributed by atoms with van der Waals surface area (Å²) in [6.45, 7) is 6.48. The Hall–Kier alpha value is -0.900. The van der Waals surface area contributed by atoms with Crippen LogP contribution < -0.4 is 0 Å². The molecule has 1 heterocycles. The fraction of sp³-hybridized carbons (Fsp3) is 0.714. The fourth-order valence-electron chi connectivity index (χ4n) is 3.57. The summed E-state index contributed by atoms with van der Waals surface area (Å²) in [4.78, 5) is 0. The lowest BCUT2D eigenvalue weighted by molar-refractivity contribution is -0.330. The summed E-state index contributed by atoms with van der Waals surface area (Å²) in [7, 11) is 0. The number of hydrogen-bond acceptors (Lipinski definition) is 3. The monoisotopic (exact) mass is 334 g/mol. The number of aliphatic hydroxyl groups is 1. The summed E-state index contributed by atoms with van der Waals surface area (Å²) in [5, 5.41) is 10.8. The van der Waals surface area contributed by atoms with Gasteiger partial charge in [0.25, 0.3) is 0 Å². The van der Waals surface area contributed by atoms with Crippen molar-refractivity contribution in [2.45, 2.75) is 96.2 Å². The summed E-state index contributed by atoms with van der Waals surface area (Å²) in [6, 6.07) is 10.2. The van der Waals surface area contributed by atoms with E-state index in [4.69, 9.17) is 9.47 Å². The molecule has 1 N–H and O–H groups in total. The predicted octanol–water partition coefficient (Wildman–Crippen LogP) is 5.16. The van der Waals surface area contributed by atoms with Gasteiger partial charge in [-0.2, -0.15) is 0 Å². The third-order valence-electron chi connectivity index (χ3n) is 5.29. The molecule has 4 atom stereocenters. The van der Waals surface area contributed by atoms with E-state index in [0.717, 1.165) is 31.2 Å². The van der Waals surface area contributed by atoms with Gasteiger partial charge in [-0.3, -0.25) is 0 Å². The van der Waals surface area contributed by atoms with Crippen LogP contribution in [0.2, 0.25) is 0 Å². The maximum Gasteiger partial charge on any atom is 0.169 e. The molecule has 1 aliphatic rings. The molecule has 1 saturated heterocycles. The number of benzene rings is 1. The maximum absolute atomic E-state index is 10.8. The second-order valence-corrected chi connectivity index (χ2v) is 7.18. The zero-order chi connectivity index (χ0) is 17.4. The first kappa shape index (κ1) is 19.4. The summed E-state index contributed by atoms with van der Waals surface area (Å²) < 4.78 is 12.2. The molecule has 24 heavy (non-hydrogen) atoms. The molecule has 1 aliphatic heterocycles. The van der Waals surface area contributed by atoms with Gasteiger partial charge < -0.3 is 14.6 Å². The van der Waals surface area contributed by atoms with Gasteiger partial charge in [-0.25, -0.2) is 0 Å². The zero-order valence-electron chi connectivity index (χ0n) is 15.5. The van der Waals surface area contributed by atoms with Gasteiger partial charge in [0.2, 0.25) is 0 Å². The van der Waals surface area contributed by atoms with Crippen LogP contribution in [0.5, 0.6) is 0 Å². The van der Waals surface area contributed by atoms with E-state index in [1.54, 1.807) is 0 Å². The van der Waals surface area contributed by atoms with E-state index in [9.17, 15) is 5.11 Å². The van der Waals surface area contributed by atoms with Crippen molar-refractivity contribution in [1.82, 2.24) is 0 Å². The standard InChI is InChI=1S/C21H34O3/c1-4-6-9-15-18-21(3,17-13-11-8-12-14-17)20(22)24-19(23-18)16-10-7-5-2/h8,11-14,18-20,22H,4-7,9-10,15-16H2,1-3H3. The summed E-state index contributed by atoms with van der Waals surface area (Å²) in [6.07, 6.45) is 7.64. The molecule has 0 radical (unpaired) electrons. The Balaban J connectivity index is 2.14.